The summed E-state index contributed by atoms with van der Waals surface area (Å²) in [5.74, 6) is 1.47. The topological polar surface area (TPSA) is 114 Å². The summed E-state index contributed by atoms with van der Waals surface area (Å²) in [6.07, 6.45) is 8.27. The molecule has 0 aliphatic rings. The van der Waals surface area contributed by atoms with Crippen LogP contribution in [0.3, 0.4) is 0 Å². The van der Waals surface area contributed by atoms with Crippen LogP contribution in [0.2, 0.25) is 0 Å². The van der Waals surface area contributed by atoms with Crippen LogP contribution in [-0.4, -0.2) is 40.6 Å². The Balaban J connectivity index is 1.50. The van der Waals surface area contributed by atoms with Gasteiger partial charge in [-0.3, -0.25) is 14.9 Å². The van der Waals surface area contributed by atoms with Gasteiger partial charge in [0.2, 0.25) is 5.82 Å². The highest BCUT2D eigenvalue weighted by Gasteiger charge is 2.15. The Morgan fingerprint density at radius 1 is 1.19 bits per heavy atom. The SMILES string of the molecule is Cn1ccnc1-c1ccccc1C(=O)NCc1nc(-c2cnccn2)n[nH]1. The predicted molar refractivity (Wildman–Crippen MR) is 97.2 cm³/mol. The van der Waals surface area contributed by atoms with Crippen molar-refractivity contribution in [2.45, 2.75) is 6.54 Å². The Morgan fingerprint density at radius 2 is 2.07 bits per heavy atom. The molecule has 27 heavy (non-hydrogen) atoms. The highest BCUT2D eigenvalue weighted by atomic mass is 16.1. The molecule has 0 aliphatic carbocycles. The molecule has 0 aliphatic heterocycles. The molecule has 134 valence electrons. The molecular formula is C18H16N8O. The van der Waals surface area contributed by atoms with Gasteiger partial charge in [-0.05, 0) is 6.07 Å². The lowest BCUT2D eigenvalue weighted by Gasteiger charge is -2.09. The van der Waals surface area contributed by atoms with Crippen LogP contribution in [0.4, 0.5) is 0 Å². The van der Waals surface area contributed by atoms with E-state index in [1.54, 1.807) is 30.9 Å². The molecule has 2 N–H and O–H groups in total. The molecule has 1 amide bonds. The van der Waals surface area contributed by atoms with Crippen LogP contribution in [0.5, 0.6) is 0 Å². The molecule has 0 saturated carbocycles. The lowest BCUT2D eigenvalue weighted by molar-refractivity contribution is 0.0950. The Hall–Kier alpha value is -3.88. The van der Waals surface area contributed by atoms with E-state index in [0.717, 1.165) is 11.4 Å². The van der Waals surface area contributed by atoms with E-state index in [1.807, 2.05) is 36.0 Å². The van der Waals surface area contributed by atoms with E-state index < -0.39 is 0 Å². The maximum Gasteiger partial charge on any atom is 0.252 e. The fourth-order valence-corrected chi connectivity index (χ4v) is 2.66. The van der Waals surface area contributed by atoms with Gasteiger partial charge in [0.15, 0.2) is 0 Å². The van der Waals surface area contributed by atoms with Crippen molar-refractivity contribution in [3.63, 3.8) is 0 Å². The van der Waals surface area contributed by atoms with Gasteiger partial charge in [-0.25, -0.2) is 15.0 Å². The first-order chi connectivity index (χ1) is 13.2. The van der Waals surface area contributed by atoms with Gasteiger partial charge in [-0.1, -0.05) is 18.2 Å². The normalized spacial score (nSPS) is 10.7. The summed E-state index contributed by atoms with van der Waals surface area (Å²) in [5.41, 5.74) is 1.87. The highest BCUT2D eigenvalue weighted by Crippen LogP contribution is 2.21. The number of carbonyl (C=O) groups is 1. The van der Waals surface area contributed by atoms with E-state index in [9.17, 15) is 4.79 Å². The fraction of sp³-hybridized carbons (Fsp3) is 0.111. The molecule has 0 unspecified atom stereocenters. The zero-order chi connectivity index (χ0) is 18.6. The van der Waals surface area contributed by atoms with Crippen molar-refractivity contribution in [3.8, 4) is 22.9 Å². The van der Waals surface area contributed by atoms with Gasteiger partial charge in [0, 0.05) is 37.4 Å². The van der Waals surface area contributed by atoms with Crippen molar-refractivity contribution in [1.29, 1.82) is 0 Å². The van der Waals surface area contributed by atoms with Gasteiger partial charge >= 0.3 is 0 Å². The summed E-state index contributed by atoms with van der Waals surface area (Å²) < 4.78 is 1.87. The third-order valence-electron chi connectivity index (χ3n) is 3.97. The molecule has 9 nitrogen and oxygen atoms in total. The van der Waals surface area contributed by atoms with E-state index in [-0.39, 0.29) is 12.5 Å². The second-order valence-electron chi connectivity index (χ2n) is 5.79. The van der Waals surface area contributed by atoms with E-state index in [1.165, 1.54) is 0 Å². The first kappa shape index (κ1) is 16.6. The van der Waals surface area contributed by atoms with Crippen LogP contribution in [0.25, 0.3) is 22.9 Å². The average Bonchev–Trinajstić information content (AvgIpc) is 3.36. The number of aryl methyl sites for hydroxylation is 1. The Bertz CT molecular complexity index is 1070. The summed E-state index contributed by atoms with van der Waals surface area (Å²) in [6.45, 7) is 0.209. The number of hydrogen-bond acceptors (Lipinski definition) is 6. The molecule has 1 aromatic carbocycles. The molecule has 9 heteroatoms. The average molecular weight is 360 g/mol. The maximum absolute atomic E-state index is 12.7. The molecule has 0 bridgehead atoms. The van der Waals surface area contributed by atoms with Crippen LogP contribution in [0, 0.1) is 0 Å². The highest BCUT2D eigenvalue weighted by molar-refractivity contribution is 6.00. The third kappa shape index (κ3) is 3.43. The van der Waals surface area contributed by atoms with Crippen molar-refractivity contribution in [2.24, 2.45) is 7.05 Å². The lowest BCUT2D eigenvalue weighted by Crippen LogP contribution is -2.24. The predicted octanol–water partition coefficient (Wildman–Crippen LogP) is 1.59. The third-order valence-corrected chi connectivity index (χ3v) is 3.97. The number of rotatable bonds is 5. The van der Waals surface area contributed by atoms with Gasteiger partial charge < -0.3 is 9.88 Å². The number of imidazole rings is 1. The molecule has 3 heterocycles. The standard InChI is InChI=1S/C18H16N8O/c1-26-9-8-21-17(26)12-4-2-3-5-13(12)18(27)22-11-15-23-16(25-24-15)14-10-19-6-7-20-14/h2-10H,11H2,1H3,(H,22,27)(H,23,24,25). The zero-order valence-corrected chi connectivity index (χ0v) is 14.5. The van der Waals surface area contributed by atoms with Crippen molar-refractivity contribution >= 4 is 5.91 Å². The largest absolute Gasteiger partial charge is 0.345 e. The number of nitrogens with zero attached hydrogens (tertiary/aromatic N) is 6. The summed E-state index contributed by atoms with van der Waals surface area (Å²) in [4.78, 5) is 29.5. The Morgan fingerprint density at radius 3 is 2.85 bits per heavy atom. The summed E-state index contributed by atoms with van der Waals surface area (Å²) in [7, 11) is 1.89. The number of carbonyl (C=O) groups excluding carboxylic acids is 1. The van der Waals surface area contributed by atoms with Crippen molar-refractivity contribution in [1.82, 2.24) is 40.0 Å². The molecule has 0 atom stereocenters. The monoisotopic (exact) mass is 360 g/mol. The smallest absolute Gasteiger partial charge is 0.252 e. The number of benzene rings is 1. The summed E-state index contributed by atoms with van der Waals surface area (Å²) >= 11 is 0. The molecular weight excluding hydrogens is 344 g/mol. The van der Waals surface area contributed by atoms with Gasteiger partial charge in [0.25, 0.3) is 5.91 Å². The van der Waals surface area contributed by atoms with Gasteiger partial charge in [-0.2, -0.15) is 5.10 Å². The van der Waals surface area contributed by atoms with E-state index >= 15 is 0 Å². The lowest BCUT2D eigenvalue weighted by atomic mass is 10.1. The summed E-state index contributed by atoms with van der Waals surface area (Å²) in [5, 5.41) is 9.76. The minimum absolute atomic E-state index is 0.209. The zero-order valence-electron chi connectivity index (χ0n) is 14.5. The van der Waals surface area contributed by atoms with Gasteiger partial charge in [0.05, 0.1) is 18.3 Å². The fourth-order valence-electron chi connectivity index (χ4n) is 2.66. The molecule has 0 radical (unpaired) electrons. The molecule has 0 spiro atoms. The number of H-pyrrole nitrogens is 1. The first-order valence-corrected chi connectivity index (χ1v) is 8.25. The van der Waals surface area contributed by atoms with Crippen molar-refractivity contribution in [3.05, 3.63) is 66.6 Å². The Kier molecular flexibility index (Phi) is 4.40. The van der Waals surface area contributed by atoms with Crippen LogP contribution in [0.1, 0.15) is 16.2 Å². The van der Waals surface area contributed by atoms with Crippen molar-refractivity contribution in [2.75, 3.05) is 0 Å². The molecule has 0 saturated heterocycles. The minimum atomic E-state index is -0.217. The van der Waals surface area contributed by atoms with E-state index in [4.69, 9.17) is 0 Å². The van der Waals surface area contributed by atoms with E-state index in [2.05, 4.69) is 35.5 Å². The second-order valence-corrected chi connectivity index (χ2v) is 5.79. The van der Waals surface area contributed by atoms with Crippen LogP contribution >= 0.6 is 0 Å². The number of hydrogen-bond donors (Lipinski definition) is 2. The molecule has 0 fully saturated rings. The molecule has 3 aromatic heterocycles. The molecule has 4 rings (SSSR count). The van der Waals surface area contributed by atoms with Crippen LogP contribution in [0.15, 0.2) is 55.2 Å². The van der Waals surface area contributed by atoms with Crippen LogP contribution in [-0.2, 0) is 13.6 Å². The first-order valence-electron chi connectivity index (χ1n) is 8.25. The Labute approximate surface area is 154 Å². The van der Waals surface area contributed by atoms with E-state index in [0.29, 0.717) is 22.9 Å². The van der Waals surface area contributed by atoms with Crippen LogP contribution < -0.4 is 5.32 Å². The quantitative estimate of drug-likeness (QED) is 0.559. The number of aromatic nitrogens is 7. The van der Waals surface area contributed by atoms with Crippen molar-refractivity contribution < 1.29 is 4.79 Å². The van der Waals surface area contributed by atoms with Gasteiger partial charge in [-0.15, -0.1) is 0 Å². The minimum Gasteiger partial charge on any atom is -0.345 e. The summed E-state index contributed by atoms with van der Waals surface area (Å²) in [6, 6.07) is 7.34. The number of nitrogens with one attached hydrogen (secondary N) is 2. The maximum atomic E-state index is 12.7. The second kappa shape index (κ2) is 7.16. The number of aromatic amines is 1. The molecule has 4 aromatic rings. The number of amides is 1. The van der Waals surface area contributed by atoms with Gasteiger partial charge in [0.1, 0.15) is 17.3 Å².